The Labute approximate surface area is 241 Å². The first kappa shape index (κ1) is 30.5. The van der Waals surface area contributed by atoms with Gasteiger partial charge in [-0.2, -0.15) is 24.9 Å². The molecule has 1 N–H and O–H groups in total. The van der Waals surface area contributed by atoms with Crippen LogP contribution in [0.3, 0.4) is 0 Å². The number of benzene rings is 3. The maximum Gasteiger partial charge on any atom is 0.490 e. The monoisotopic (exact) mass is 589 g/mol. The van der Waals surface area contributed by atoms with Gasteiger partial charge in [0.2, 0.25) is 0 Å². The zero-order valence-corrected chi connectivity index (χ0v) is 23.5. The fourth-order valence-electron chi connectivity index (χ4n) is 4.81. The first-order valence-corrected chi connectivity index (χ1v) is 14.7. The molecule has 0 saturated carbocycles. The minimum Gasteiger partial charge on any atom is -0.494 e. The minimum atomic E-state index is -5.08. The number of rotatable bonds is 7. The fourth-order valence-corrected chi connectivity index (χ4v) is 5.78. The maximum absolute atomic E-state index is 13.2. The Morgan fingerprint density at radius 3 is 2.15 bits per heavy atom. The van der Waals surface area contributed by atoms with Crippen molar-refractivity contribution < 1.29 is 32.6 Å². The molecule has 0 unspecified atom stereocenters. The second-order valence-corrected chi connectivity index (χ2v) is 11.0. The molecule has 0 bridgehead atoms. The van der Waals surface area contributed by atoms with E-state index >= 15 is 0 Å². The van der Waals surface area contributed by atoms with Gasteiger partial charge in [0.05, 0.1) is 6.61 Å². The molecular weight excluding hydrogens is 555 g/mol. The predicted octanol–water partition coefficient (Wildman–Crippen LogP) is 5.25. The number of carboxylic acid groups (broad SMARTS) is 1. The fraction of sp³-hybridized carbons (Fsp3) is 0.400. The van der Waals surface area contributed by atoms with E-state index in [9.17, 15) is 18.0 Å². The third-order valence-corrected chi connectivity index (χ3v) is 7.96. The van der Waals surface area contributed by atoms with Crippen molar-refractivity contribution in [3.05, 3.63) is 72.3 Å². The van der Waals surface area contributed by atoms with Gasteiger partial charge in [0.1, 0.15) is 5.75 Å². The van der Waals surface area contributed by atoms with E-state index in [4.69, 9.17) is 14.6 Å². The molecule has 3 aromatic carbocycles. The Bertz CT molecular complexity index is 1290. The maximum atomic E-state index is 13.2. The number of nitrogens with zero attached hydrogens (tertiary/aromatic N) is 3. The lowest BCUT2D eigenvalue weighted by molar-refractivity contribution is -0.192. The largest absolute Gasteiger partial charge is 0.494 e. The van der Waals surface area contributed by atoms with Gasteiger partial charge in [-0.25, -0.2) is 4.79 Å². The van der Waals surface area contributed by atoms with Gasteiger partial charge in [-0.15, -0.1) is 0 Å². The average molecular weight is 590 g/mol. The summed E-state index contributed by atoms with van der Waals surface area (Å²) >= 11 is 2.05. The van der Waals surface area contributed by atoms with Crippen LogP contribution in [-0.4, -0.2) is 96.9 Å². The first-order chi connectivity index (χ1) is 19.7. The Balaban J connectivity index is 0.000000493. The van der Waals surface area contributed by atoms with Gasteiger partial charge in [-0.1, -0.05) is 36.4 Å². The second kappa shape index (κ2) is 14.5. The number of anilines is 1. The van der Waals surface area contributed by atoms with Crippen LogP contribution in [0.25, 0.3) is 10.8 Å². The van der Waals surface area contributed by atoms with E-state index in [1.54, 1.807) is 0 Å². The molecule has 11 heteroatoms. The van der Waals surface area contributed by atoms with E-state index in [2.05, 4.69) is 58.0 Å². The predicted molar refractivity (Wildman–Crippen MR) is 156 cm³/mol. The van der Waals surface area contributed by atoms with Gasteiger partial charge in [-0.05, 0) is 47.5 Å². The Morgan fingerprint density at radius 1 is 0.854 bits per heavy atom. The van der Waals surface area contributed by atoms with Crippen LogP contribution in [0.1, 0.15) is 16.8 Å². The molecular formula is C30H34F3N3O4S. The van der Waals surface area contributed by atoms with Crippen LogP contribution in [0, 0.1) is 0 Å². The summed E-state index contributed by atoms with van der Waals surface area (Å²) < 4.78 is 37.7. The quantitative estimate of drug-likeness (QED) is 0.378. The van der Waals surface area contributed by atoms with Crippen molar-refractivity contribution in [3.63, 3.8) is 0 Å². The topological polar surface area (TPSA) is 73.3 Å². The van der Waals surface area contributed by atoms with E-state index < -0.39 is 12.1 Å². The van der Waals surface area contributed by atoms with Crippen LogP contribution in [0.2, 0.25) is 0 Å². The first-order valence-electron chi connectivity index (χ1n) is 13.6. The highest BCUT2D eigenvalue weighted by molar-refractivity contribution is 7.99. The standard InChI is InChI=1S/C28H33N3O2S.C2HF3O2/c32-28(27-8-3-6-23-5-1-2-7-26(23)27)31-16-14-30(15-17-31)24-9-11-25(12-10-24)33-20-4-13-29-18-21-34-22-19-29;3-2(4,5)1(6)7/h1-3,5-12H,4,13-22H2;(H,6,7). The van der Waals surface area contributed by atoms with Crippen LogP contribution in [0.15, 0.2) is 66.7 Å². The number of carbonyl (C=O) groups is 2. The number of ether oxygens (including phenoxy) is 1. The van der Waals surface area contributed by atoms with Gasteiger partial charge in [-0.3, -0.25) is 4.79 Å². The number of hydrogen-bond donors (Lipinski definition) is 1. The molecule has 220 valence electrons. The summed E-state index contributed by atoms with van der Waals surface area (Å²) in [6.07, 6.45) is -4.01. The van der Waals surface area contributed by atoms with Crippen molar-refractivity contribution in [2.75, 3.05) is 68.8 Å². The number of halogens is 3. The lowest BCUT2D eigenvalue weighted by Gasteiger charge is -2.36. The van der Waals surface area contributed by atoms with Gasteiger partial charge >= 0.3 is 12.1 Å². The van der Waals surface area contributed by atoms with Gasteiger partial charge in [0.25, 0.3) is 5.91 Å². The zero-order chi connectivity index (χ0) is 29.2. The van der Waals surface area contributed by atoms with Gasteiger partial charge in [0, 0.05) is 68.6 Å². The van der Waals surface area contributed by atoms with Crippen molar-refractivity contribution in [1.29, 1.82) is 0 Å². The van der Waals surface area contributed by atoms with E-state index in [1.807, 2.05) is 35.2 Å². The smallest absolute Gasteiger partial charge is 0.490 e. The number of fused-ring (bicyclic) bond motifs is 1. The molecule has 5 rings (SSSR count). The molecule has 2 fully saturated rings. The number of carbonyl (C=O) groups excluding carboxylic acids is 1. The molecule has 2 saturated heterocycles. The van der Waals surface area contributed by atoms with E-state index in [-0.39, 0.29) is 5.91 Å². The molecule has 1 amide bonds. The highest BCUT2D eigenvalue weighted by atomic mass is 32.2. The second-order valence-electron chi connectivity index (χ2n) is 9.76. The number of amides is 1. The van der Waals surface area contributed by atoms with Crippen LogP contribution >= 0.6 is 11.8 Å². The minimum absolute atomic E-state index is 0.128. The number of hydrogen-bond acceptors (Lipinski definition) is 6. The SMILES string of the molecule is O=C(O)C(F)(F)F.O=C(c1cccc2ccccc12)N1CCN(c2ccc(OCCCN3CCSCC3)cc2)CC1. The number of aliphatic carboxylic acids is 1. The lowest BCUT2D eigenvalue weighted by atomic mass is 10.0. The number of piperazine rings is 1. The summed E-state index contributed by atoms with van der Waals surface area (Å²) in [6, 6.07) is 22.5. The van der Waals surface area contributed by atoms with Crippen LogP contribution in [-0.2, 0) is 4.79 Å². The number of thioether (sulfide) groups is 1. The van der Waals surface area contributed by atoms with Crippen LogP contribution < -0.4 is 9.64 Å². The molecule has 0 spiro atoms. The normalized spacial score (nSPS) is 16.2. The Hall–Kier alpha value is -3.44. The van der Waals surface area contributed by atoms with E-state index in [0.717, 1.165) is 67.8 Å². The van der Waals surface area contributed by atoms with Crippen LogP contribution in [0.5, 0.6) is 5.75 Å². The summed E-state index contributed by atoms with van der Waals surface area (Å²) in [5.41, 5.74) is 1.99. The summed E-state index contributed by atoms with van der Waals surface area (Å²) in [5, 5.41) is 9.27. The molecule has 3 aromatic rings. The summed E-state index contributed by atoms with van der Waals surface area (Å²) in [6.45, 7) is 7.44. The molecule has 2 aliphatic heterocycles. The molecule has 0 atom stereocenters. The van der Waals surface area contributed by atoms with Crippen molar-refractivity contribution in [1.82, 2.24) is 9.80 Å². The molecule has 41 heavy (non-hydrogen) atoms. The highest BCUT2D eigenvalue weighted by Gasteiger charge is 2.38. The molecule has 7 nitrogen and oxygen atoms in total. The number of alkyl halides is 3. The molecule has 2 aliphatic rings. The van der Waals surface area contributed by atoms with Gasteiger partial charge < -0.3 is 24.5 Å². The Morgan fingerprint density at radius 2 is 1.49 bits per heavy atom. The summed E-state index contributed by atoms with van der Waals surface area (Å²) in [7, 11) is 0. The van der Waals surface area contributed by atoms with E-state index in [0.29, 0.717) is 0 Å². The molecule has 0 radical (unpaired) electrons. The zero-order valence-electron chi connectivity index (χ0n) is 22.7. The van der Waals surface area contributed by atoms with Crippen molar-refractivity contribution in [2.24, 2.45) is 0 Å². The third-order valence-electron chi connectivity index (χ3n) is 7.02. The molecule has 0 aromatic heterocycles. The van der Waals surface area contributed by atoms with Gasteiger partial charge in [0.15, 0.2) is 0 Å². The molecule has 0 aliphatic carbocycles. The average Bonchev–Trinajstić information content (AvgIpc) is 2.99. The number of carboxylic acids is 1. The van der Waals surface area contributed by atoms with Crippen molar-refractivity contribution >= 4 is 40.1 Å². The summed E-state index contributed by atoms with van der Waals surface area (Å²) in [5.74, 6) is 0.820. The lowest BCUT2D eigenvalue weighted by Crippen LogP contribution is -2.48. The third kappa shape index (κ3) is 8.77. The highest BCUT2D eigenvalue weighted by Crippen LogP contribution is 2.24. The summed E-state index contributed by atoms with van der Waals surface area (Å²) in [4.78, 5) is 29.0. The van der Waals surface area contributed by atoms with Crippen molar-refractivity contribution in [3.8, 4) is 5.75 Å². The Kier molecular flexibility index (Phi) is 10.8. The van der Waals surface area contributed by atoms with Crippen LogP contribution in [0.4, 0.5) is 18.9 Å². The van der Waals surface area contributed by atoms with Crippen molar-refractivity contribution in [2.45, 2.75) is 12.6 Å². The molecule has 2 heterocycles. The van der Waals surface area contributed by atoms with E-state index in [1.165, 1.54) is 30.3 Å².